The van der Waals surface area contributed by atoms with Crippen LogP contribution in [-0.2, 0) is 9.84 Å². The maximum atomic E-state index is 11.1. The number of nitrogens with zero attached hydrogens (tertiary/aromatic N) is 1. The summed E-state index contributed by atoms with van der Waals surface area (Å²) < 4.78 is 22.3. The highest BCUT2D eigenvalue weighted by atomic mass is 32.2. The van der Waals surface area contributed by atoms with Gasteiger partial charge >= 0.3 is 0 Å². The third-order valence-electron chi connectivity index (χ3n) is 2.28. The van der Waals surface area contributed by atoms with Crippen LogP contribution in [0.5, 0.6) is 0 Å². The molecule has 1 saturated heterocycles. The van der Waals surface area contributed by atoms with Gasteiger partial charge in [-0.3, -0.25) is 0 Å². The van der Waals surface area contributed by atoms with Gasteiger partial charge in [0.15, 0.2) is 0 Å². The second-order valence-electron chi connectivity index (χ2n) is 3.31. The standard InChI is InChI=1S/C8H13NO2S/c9-5-3-8-2-1-6-12(10,11)7-4-8/h8H,1-4,6-7H2. The van der Waals surface area contributed by atoms with Crippen LogP contribution < -0.4 is 0 Å². The molecule has 68 valence electrons. The summed E-state index contributed by atoms with van der Waals surface area (Å²) in [4.78, 5) is 0. The van der Waals surface area contributed by atoms with Gasteiger partial charge in [-0.2, -0.15) is 5.26 Å². The molecule has 3 nitrogen and oxygen atoms in total. The van der Waals surface area contributed by atoms with Gasteiger partial charge in [-0.05, 0) is 25.2 Å². The Morgan fingerprint density at radius 2 is 2.08 bits per heavy atom. The zero-order chi connectivity index (χ0) is 9.03. The van der Waals surface area contributed by atoms with Crippen molar-refractivity contribution in [2.75, 3.05) is 11.5 Å². The summed E-state index contributed by atoms with van der Waals surface area (Å²) in [5.74, 6) is 0.904. The van der Waals surface area contributed by atoms with Crippen LogP contribution in [0.1, 0.15) is 25.7 Å². The lowest BCUT2D eigenvalue weighted by Crippen LogP contribution is -2.08. The van der Waals surface area contributed by atoms with Crippen molar-refractivity contribution in [1.29, 1.82) is 5.26 Å². The summed E-state index contributed by atoms with van der Waals surface area (Å²) in [6.45, 7) is 0. The van der Waals surface area contributed by atoms with Crippen molar-refractivity contribution >= 4 is 9.84 Å². The lowest BCUT2D eigenvalue weighted by molar-refractivity contribution is 0.486. The highest BCUT2D eigenvalue weighted by Crippen LogP contribution is 2.21. The number of hydrogen-bond donors (Lipinski definition) is 0. The van der Waals surface area contributed by atoms with Gasteiger partial charge in [0.1, 0.15) is 9.84 Å². The minimum absolute atomic E-state index is 0.277. The molecule has 1 fully saturated rings. The number of hydrogen-bond acceptors (Lipinski definition) is 3. The van der Waals surface area contributed by atoms with Gasteiger partial charge in [-0.15, -0.1) is 0 Å². The Labute approximate surface area is 73.3 Å². The molecule has 0 bridgehead atoms. The molecule has 12 heavy (non-hydrogen) atoms. The molecule has 1 aliphatic rings. The first-order valence-corrected chi connectivity index (χ1v) is 6.03. The van der Waals surface area contributed by atoms with Crippen LogP contribution in [-0.4, -0.2) is 19.9 Å². The van der Waals surface area contributed by atoms with Crippen molar-refractivity contribution in [2.45, 2.75) is 25.7 Å². The minimum atomic E-state index is -2.78. The first-order chi connectivity index (χ1) is 5.64. The van der Waals surface area contributed by atoms with Crippen molar-refractivity contribution in [1.82, 2.24) is 0 Å². The highest BCUT2D eigenvalue weighted by molar-refractivity contribution is 7.91. The van der Waals surface area contributed by atoms with Crippen molar-refractivity contribution < 1.29 is 8.42 Å². The summed E-state index contributed by atoms with van der Waals surface area (Å²) in [6.07, 6.45) is 2.81. The van der Waals surface area contributed by atoms with E-state index in [1.54, 1.807) is 0 Å². The van der Waals surface area contributed by atoms with Gasteiger partial charge in [-0.25, -0.2) is 8.42 Å². The second kappa shape index (κ2) is 3.90. The fraction of sp³-hybridized carbons (Fsp3) is 0.875. The van der Waals surface area contributed by atoms with E-state index in [1.807, 2.05) is 0 Å². The van der Waals surface area contributed by atoms with Gasteiger partial charge in [0.05, 0.1) is 17.6 Å². The second-order valence-corrected chi connectivity index (χ2v) is 5.61. The molecule has 1 heterocycles. The average Bonchev–Trinajstić information content (AvgIpc) is 2.14. The van der Waals surface area contributed by atoms with E-state index in [2.05, 4.69) is 6.07 Å². The number of rotatable bonds is 1. The molecule has 1 aliphatic heterocycles. The summed E-state index contributed by atoms with van der Waals surface area (Å²) in [5.41, 5.74) is 0. The molecule has 0 aromatic heterocycles. The monoisotopic (exact) mass is 187 g/mol. The van der Waals surface area contributed by atoms with Gasteiger partial charge in [0, 0.05) is 6.42 Å². The highest BCUT2D eigenvalue weighted by Gasteiger charge is 2.20. The first kappa shape index (κ1) is 9.53. The van der Waals surface area contributed by atoms with Crippen molar-refractivity contribution in [3.63, 3.8) is 0 Å². The fourth-order valence-corrected chi connectivity index (χ4v) is 3.02. The molecule has 0 spiro atoms. The molecular formula is C8H13NO2S. The molecule has 4 heteroatoms. The minimum Gasteiger partial charge on any atom is -0.229 e. The Morgan fingerprint density at radius 1 is 1.33 bits per heavy atom. The lowest BCUT2D eigenvalue weighted by atomic mass is 9.98. The van der Waals surface area contributed by atoms with Crippen molar-refractivity contribution in [2.24, 2.45) is 5.92 Å². The third kappa shape index (κ3) is 2.82. The van der Waals surface area contributed by atoms with E-state index in [1.165, 1.54) is 0 Å². The fourth-order valence-electron chi connectivity index (χ4n) is 1.52. The maximum absolute atomic E-state index is 11.1. The van der Waals surface area contributed by atoms with E-state index in [-0.39, 0.29) is 5.75 Å². The van der Waals surface area contributed by atoms with E-state index in [0.29, 0.717) is 24.5 Å². The Balaban J connectivity index is 2.52. The van der Waals surface area contributed by atoms with E-state index >= 15 is 0 Å². The Kier molecular flexibility index (Phi) is 3.10. The topological polar surface area (TPSA) is 57.9 Å². The Hall–Kier alpha value is -0.560. The van der Waals surface area contributed by atoms with E-state index < -0.39 is 9.84 Å². The van der Waals surface area contributed by atoms with Crippen LogP contribution in [0.25, 0.3) is 0 Å². The third-order valence-corrected chi connectivity index (χ3v) is 4.05. The average molecular weight is 187 g/mol. The summed E-state index contributed by atoms with van der Waals surface area (Å²) >= 11 is 0. The molecule has 0 aliphatic carbocycles. The van der Waals surface area contributed by atoms with Gasteiger partial charge in [0.2, 0.25) is 0 Å². The predicted molar refractivity (Wildman–Crippen MR) is 46.2 cm³/mol. The van der Waals surface area contributed by atoms with Crippen LogP contribution in [0, 0.1) is 17.2 Å². The van der Waals surface area contributed by atoms with Crippen LogP contribution in [0.4, 0.5) is 0 Å². The molecule has 0 amide bonds. The quantitative estimate of drug-likeness (QED) is 0.618. The zero-order valence-electron chi connectivity index (χ0n) is 6.99. The van der Waals surface area contributed by atoms with Crippen molar-refractivity contribution in [3.05, 3.63) is 0 Å². The molecule has 0 aromatic rings. The Bertz CT molecular complexity index is 276. The molecule has 0 N–H and O–H groups in total. The lowest BCUT2D eigenvalue weighted by Gasteiger charge is -2.06. The van der Waals surface area contributed by atoms with Gasteiger partial charge in [-0.1, -0.05) is 0 Å². The van der Waals surface area contributed by atoms with Crippen LogP contribution in [0.3, 0.4) is 0 Å². The SMILES string of the molecule is N#CCC1CCCS(=O)(=O)CC1. The molecule has 1 rings (SSSR count). The smallest absolute Gasteiger partial charge is 0.150 e. The van der Waals surface area contributed by atoms with E-state index in [4.69, 9.17) is 5.26 Å². The molecule has 0 aromatic carbocycles. The first-order valence-electron chi connectivity index (χ1n) is 4.21. The van der Waals surface area contributed by atoms with Crippen LogP contribution >= 0.6 is 0 Å². The number of nitriles is 1. The summed E-state index contributed by atoms with van der Waals surface area (Å²) in [6, 6.07) is 2.10. The summed E-state index contributed by atoms with van der Waals surface area (Å²) in [5, 5.41) is 8.44. The molecule has 1 unspecified atom stereocenters. The normalized spacial score (nSPS) is 28.8. The molecule has 0 saturated carbocycles. The maximum Gasteiger partial charge on any atom is 0.150 e. The van der Waals surface area contributed by atoms with Crippen LogP contribution in [0.2, 0.25) is 0 Å². The summed E-state index contributed by atoms with van der Waals surface area (Å²) in [7, 11) is -2.78. The largest absolute Gasteiger partial charge is 0.229 e. The van der Waals surface area contributed by atoms with Crippen molar-refractivity contribution in [3.8, 4) is 6.07 Å². The molecule has 1 atom stereocenters. The van der Waals surface area contributed by atoms with Gasteiger partial charge < -0.3 is 0 Å². The molecular weight excluding hydrogens is 174 g/mol. The zero-order valence-corrected chi connectivity index (χ0v) is 7.81. The van der Waals surface area contributed by atoms with E-state index in [9.17, 15) is 8.42 Å². The predicted octanol–water partition coefficient (Wildman–Crippen LogP) is 1.11. The van der Waals surface area contributed by atoms with Gasteiger partial charge in [0.25, 0.3) is 0 Å². The molecule has 0 radical (unpaired) electrons. The van der Waals surface area contributed by atoms with Crippen LogP contribution in [0.15, 0.2) is 0 Å². The Morgan fingerprint density at radius 3 is 2.75 bits per heavy atom. The van der Waals surface area contributed by atoms with E-state index in [0.717, 1.165) is 12.8 Å². The number of sulfone groups is 1.